The predicted molar refractivity (Wildman–Crippen MR) is 83.7 cm³/mol. The summed E-state index contributed by atoms with van der Waals surface area (Å²) in [5.74, 6) is 4.25. The van der Waals surface area contributed by atoms with Crippen LogP contribution in [-0.4, -0.2) is 37.1 Å². The summed E-state index contributed by atoms with van der Waals surface area (Å²) in [6.45, 7) is 5.31. The van der Waals surface area contributed by atoms with Crippen LogP contribution in [0.4, 0.5) is 0 Å². The van der Waals surface area contributed by atoms with Crippen LogP contribution >= 0.6 is 0 Å². The van der Waals surface area contributed by atoms with Crippen molar-refractivity contribution >= 4 is 0 Å². The molecule has 2 bridgehead atoms. The Morgan fingerprint density at radius 2 is 1.80 bits per heavy atom. The molecule has 2 nitrogen and oxygen atoms in total. The van der Waals surface area contributed by atoms with E-state index in [1.165, 1.54) is 58.3 Å². The molecule has 4 unspecified atom stereocenters. The quantitative estimate of drug-likeness (QED) is 0.851. The molecule has 1 aliphatic heterocycles. The molecule has 3 aliphatic carbocycles. The Balaban J connectivity index is 1.30. The molecule has 0 aromatic heterocycles. The Morgan fingerprint density at radius 1 is 0.900 bits per heavy atom. The van der Waals surface area contributed by atoms with E-state index in [1.54, 1.807) is 25.7 Å². The van der Waals surface area contributed by atoms with Crippen molar-refractivity contribution in [3.63, 3.8) is 0 Å². The largest absolute Gasteiger partial charge is 0.311 e. The molecule has 0 amide bonds. The van der Waals surface area contributed by atoms with Gasteiger partial charge in [0, 0.05) is 32.2 Å². The first-order valence-corrected chi connectivity index (χ1v) is 9.34. The fraction of sp³-hybridized carbons (Fsp3) is 1.00. The Hall–Kier alpha value is -0.0800. The summed E-state index contributed by atoms with van der Waals surface area (Å²) in [5, 5.41) is 3.84. The number of fused-ring (bicyclic) bond motifs is 2. The van der Waals surface area contributed by atoms with Crippen LogP contribution in [0.25, 0.3) is 0 Å². The van der Waals surface area contributed by atoms with Gasteiger partial charge in [-0.3, -0.25) is 0 Å². The van der Waals surface area contributed by atoms with Crippen molar-refractivity contribution in [2.45, 2.75) is 63.8 Å². The van der Waals surface area contributed by atoms with E-state index in [4.69, 9.17) is 0 Å². The van der Waals surface area contributed by atoms with Crippen LogP contribution in [0.15, 0.2) is 0 Å². The van der Waals surface area contributed by atoms with Gasteiger partial charge in [-0.05, 0) is 55.8 Å². The molecular formula is C18H32N2. The topological polar surface area (TPSA) is 15.3 Å². The van der Waals surface area contributed by atoms with Gasteiger partial charge in [0.05, 0.1) is 0 Å². The standard InChI is InChI=1S/C18H32N2/c1-2-4-15(5-3-1)18-13-20(9-8-19-18)12-17-11-14-6-7-16(17)10-14/h14-19H,1-13H2. The van der Waals surface area contributed by atoms with E-state index in [9.17, 15) is 0 Å². The summed E-state index contributed by atoms with van der Waals surface area (Å²) >= 11 is 0. The van der Waals surface area contributed by atoms with Crippen molar-refractivity contribution in [1.82, 2.24) is 10.2 Å². The van der Waals surface area contributed by atoms with Crippen LogP contribution in [0, 0.1) is 23.7 Å². The van der Waals surface area contributed by atoms with Crippen LogP contribution in [0.2, 0.25) is 0 Å². The lowest BCUT2D eigenvalue weighted by Gasteiger charge is -2.41. The fourth-order valence-corrected chi connectivity index (χ4v) is 5.79. The van der Waals surface area contributed by atoms with Gasteiger partial charge in [0.1, 0.15) is 0 Å². The van der Waals surface area contributed by atoms with E-state index in [-0.39, 0.29) is 0 Å². The predicted octanol–water partition coefficient (Wildman–Crippen LogP) is 3.28. The molecule has 1 saturated heterocycles. The summed E-state index contributed by atoms with van der Waals surface area (Å²) in [6, 6.07) is 0.808. The summed E-state index contributed by atoms with van der Waals surface area (Å²) < 4.78 is 0. The third-order valence-corrected chi connectivity index (χ3v) is 6.89. The van der Waals surface area contributed by atoms with Gasteiger partial charge in [-0.15, -0.1) is 0 Å². The zero-order valence-corrected chi connectivity index (χ0v) is 13.0. The lowest BCUT2D eigenvalue weighted by molar-refractivity contribution is 0.117. The molecule has 2 heteroatoms. The highest BCUT2D eigenvalue weighted by molar-refractivity contribution is 4.93. The van der Waals surface area contributed by atoms with Crippen LogP contribution in [0.5, 0.6) is 0 Å². The molecule has 4 fully saturated rings. The van der Waals surface area contributed by atoms with Crippen molar-refractivity contribution in [3.05, 3.63) is 0 Å². The first-order valence-electron chi connectivity index (χ1n) is 9.34. The van der Waals surface area contributed by atoms with Crippen molar-refractivity contribution in [2.24, 2.45) is 23.7 Å². The number of hydrogen-bond donors (Lipinski definition) is 1. The maximum atomic E-state index is 3.84. The Labute approximate surface area is 124 Å². The average molecular weight is 276 g/mol. The lowest BCUT2D eigenvalue weighted by atomic mass is 9.82. The molecule has 0 spiro atoms. The van der Waals surface area contributed by atoms with Crippen molar-refractivity contribution in [2.75, 3.05) is 26.2 Å². The summed E-state index contributed by atoms with van der Waals surface area (Å²) in [4.78, 5) is 2.82. The van der Waals surface area contributed by atoms with Gasteiger partial charge in [0.25, 0.3) is 0 Å². The minimum atomic E-state index is 0.808. The minimum Gasteiger partial charge on any atom is -0.311 e. The number of hydrogen-bond acceptors (Lipinski definition) is 2. The van der Waals surface area contributed by atoms with Gasteiger partial charge in [-0.2, -0.15) is 0 Å². The number of nitrogens with one attached hydrogen (secondary N) is 1. The Morgan fingerprint density at radius 3 is 2.55 bits per heavy atom. The van der Waals surface area contributed by atoms with Gasteiger partial charge < -0.3 is 10.2 Å². The summed E-state index contributed by atoms with van der Waals surface area (Å²) in [6.07, 6.45) is 13.6. The first-order chi connectivity index (χ1) is 9.88. The molecule has 3 saturated carbocycles. The van der Waals surface area contributed by atoms with Crippen LogP contribution in [0.3, 0.4) is 0 Å². The highest BCUT2D eigenvalue weighted by atomic mass is 15.2. The van der Waals surface area contributed by atoms with Gasteiger partial charge in [0.2, 0.25) is 0 Å². The molecule has 20 heavy (non-hydrogen) atoms. The van der Waals surface area contributed by atoms with E-state index in [1.807, 2.05) is 0 Å². The maximum absolute atomic E-state index is 3.84. The van der Waals surface area contributed by atoms with Crippen molar-refractivity contribution in [1.29, 1.82) is 0 Å². The molecule has 1 N–H and O–H groups in total. The third-order valence-electron chi connectivity index (χ3n) is 6.89. The molecule has 0 aromatic rings. The van der Waals surface area contributed by atoms with Crippen molar-refractivity contribution in [3.8, 4) is 0 Å². The lowest BCUT2D eigenvalue weighted by Crippen LogP contribution is -2.55. The van der Waals surface area contributed by atoms with Gasteiger partial charge >= 0.3 is 0 Å². The first kappa shape index (κ1) is 13.6. The smallest absolute Gasteiger partial charge is 0.0223 e. The molecule has 4 aliphatic rings. The normalized spacial score (nSPS) is 43.2. The molecule has 0 radical (unpaired) electrons. The molecular weight excluding hydrogens is 244 g/mol. The van der Waals surface area contributed by atoms with E-state index in [2.05, 4.69) is 10.2 Å². The van der Waals surface area contributed by atoms with Crippen LogP contribution < -0.4 is 5.32 Å². The Bertz CT molecular complexity index is 323. The second kappa shape index (κ2) is 5.96. The van der Waals surface area contributed by atoms with Gasteiger partial charge in [-0.25, -0.2) is 0 Å². The number of nitrogens with zero attached hydrogens (tertiary/aromatic N) is 1. The van der Waals surface area contributed by atoms with E-state index < -0.39 is 0 Å². The highest BCUT2D eigenvalue weighted by Gasteiger charge is 2.40. The summed E-state index contributed by atoms with van der Waals surface area (Å²) in [7, 11) is 0. The SMILES string of the molecule is C1CCC(C2CN(CC3CC4CCC3C4)CCN2)CC1. The third kappa shape index (κ3) is 2.78. The molecule has 114 valence electrons. The van der Waals surface area contributed by atoms with E-state index in [0.717, 1.165) is 29.7 Å². The molecule has 4 rings (SSSR count). The summed E-state index contributed by atoms with van der Waals surface area (Å²) in [5.41, 5.74) is 0. The molecule has 4 atom stereocenters. The zero-order valence-electron chi connectivity index (χ0n) is 13.0. The van der Waals surface area contributed by atoms with Crippen LogP contribution in [0.1, 0.15) is 57.8 Å². The monoisotopic (exact) mass is 276 g/mol. The van der Waals surface area contributed by atoms with E-state index in [0.29, 0.717) is 0 Å². The molecule has 1 heterocycles. The minimum absolute atomic E-state index is 0.808. The second-order valence-electron chi connectivity index (χ2n) is 8.15. The Kier molecular flexibility index (Phi) is 4.05. The zero-order chi connectivity index (χ0) is 13.4. The maximum Gasteiger partial charge on any atom is 0.0223 e. The van der Waals surface area contributed by atoms with Crippen molar-refractivity contribution < 1.29 is 0 Å². The second-order valence-corrected chi connectivity index (χ2v) is 8.15. The number of piperazine rings is 1. The van der Waals surface area contributed by atoms with Crippen LogP contribution in [-0.2, 0) is 0 Å². The van der Waals surface area contributed by atoms with Gasteiger partial charge in [-0.1, -0.05) is 25.7 Å². The number of rotatable bonds is 3. The molecule has 0 aromatic carbocycles. The fourth-order valence-electron chi connectivity index (χ4n) is 5.79. The average Bonchev–Trinajstić information content (AvgIpc) is 3.11. The van der Waals surface area contributed by atoms with Gasteiger partial charge in [0.15, 0.2) is 0 Å². The van der Waals surface area contributed by atoms with E-state index >= 15 is 0 Å². The highest BCUT2D eigenvalue weighted by Crippen LogP contribution is 2.48.